The fraction of sp³-hybridized carbons (Fsp3) is 0.483. The van der Waals surface area contributed by atoms with Crippen molar-refractivity contribution in [3.8, 4) is 0 Å². The molecule has 1 unspecified atom stereocenters. The van der Waals surface area contributed by atoms with Gasteiger partial charge in [-0.2, -0.15) is 0 Å². The summed E-state index contributed by atoms with van der Waals surface area (Å²) in [5, 5.41) is 5.11. The maximum Gasteiger partial charge on any atom is 0.253 e. The molecule has 2 fully saturated rings. The van der Waals surface area contributed by atoms with Crippen LogP contribution in [0.2, 0.25) is 10.0 Å². The van der Waals surface area contributed by atoms with Crippen LogP contribution in [0.5, 0.6) is 0 Å². The van der Waals surface area contributed by atoms with Crippen LogP contribution >= 0.6 is 23.2 Å². The molecule has 2 saturated heterocycles. The second kappa shape index (κ2) is 11.6. The number of rotatable bonds is 8. The van der Waals surface area contributed by atoms with Crippen LogP contribution < -0.4 is 5.32 Å². The summed E-state index contributed by atoms with van der Waals surface area (Å²) in [4.78, 5) is 18.6. The number of piperidine rings is 1. The van der Waals surface area contributed by atoms with E-state index < -0.39 is 0 Å². The van der Waals surface area contributed by atoms with Gasteiger partial charge >= 0.3 is 0 Å². The summed E-state index contributed by atoms with van der Waals surface area (Å²) in [7, 11) is 0. The number of benzene rings is 2. The topological polar surface area (TPSA) is 40.5 Å². The molecule has 0 spiro atoms. The van der Waals surface area contributed by atoms with E-state index in [4.69, 9.17) is 23.2 Å². The summed E-state index contributed by atoms with van der Waals surface area (Å²) < 4.78 is 2.30. The monoisotopic (exact) mass is 526 g/mol. The van der Waals surface area contributed by atoms with Crippen LogP contribution in [0.15, 0.2) is 42.6 Å². The van der Waals surface area contributed by atoms with Crippen molar-refractivity contribution in [1.29, 1.82) is 0 Å². The molecule has 3 aromatic rings. The van der Waals surface area contributed by atoms with E-state index in [2.05, 4.69) is 44.8 Å². The number of piperazine rings is 1. The molecule has 0 radical (unpaired) electrons. The number of halogens is 2. The van der Waals surface area contributed by atoms with Gasteiger partial charge in [0.2, 0.25) is 0 Å². The number of hydrogen-bond donors (Lipinski definition) is 1. The third-order valence-corrected chi connectivity index (χ3v) is 8.58. The number of aryl methyl sites for hydroxylation is 2. The number of amides is 1. The van der Waals surface area contributed by atoms with Crippen LogP contribution in [0.1, 0.15) is 54.1 Å². The summed E-state index contributed by atoms with van der Waals surface area (Å²) >= 11 is 12.2. The Morgan fingerprint density at radius 2 is 1.94 bits per heavy atom. The lowest BCUT2D eigenvalue weighted by molar-refractivity contribution is 0.0484. The second-order valence-corrected chi connectivity index (χ2v) is 11.0. The Kier molecular flexibility index (Phi) is 8.22. The standard InChI is InChI=1S/C29H36Cl2N4O/c1-2-22-7-5-9-24-25(29(36)32-18-21-10-11-26(30)27(31)17-21)20-35(28(22)24)14-6-12-33-15-16-34-13-4-3-8-23(34)19-33/h5,7,9-11,17,20,23H,2-4,6,8,12-16,18-19H2,1H3,(H,32,36). The van der Waals surface area contributed by atoms with Gasteiger partial charge in [0.05, 0.1) is 21.1 Å². The highest BCUT2D eigenvalue weighted by atomic mass is 35.5. The highest BCUT2D eigenvalue weighted by Gasteiger charge is 2.28. The van der Waals surface area contributed by atoms with Crippen LogP contribution in [0, 0.1) is 0 Å². The summed E-state index contributed by atoms with van der Waals surface area (Å²) in [5.41, 5.74) is 4.13. The Morgan fingerprint density at radius 1 is 1.06 bits per heavy atom. The van der Waals surface area contributed by atoms with Crippen molar-refractivity contribution < 1.29 is 4.79 Å². The van der Waals surface area contributed by atoms with E-state index in [9.17, 15) is 4.79 Å². The Morgan fingerprint density at radius 3 is 2.78 bits per heavy atom. The summed E-state index contributed by atoms with van der Waals surface area (Å²) in [5.74, 6) is -0.0634. The van der Waals surface area contributed by atoms with Crippen molar-refractivity contribution in [2.24, 2.45) is 0 Å². The van der Waals surface area contributed by atoms with Gasteiger partial charge in [-0.1, -0.05) is 60.8 Å². The molecule has 2 aliphatic heterocycles. The maximum absolute atomic E-state index is 13.3. The van der Waals surface area contributed by atoms with E-state index >= 15 is 0 Å². The summed E-state index contributed by atoms with van der Waals surface area (Å²) in [6, 6.07) is 12.5. The average Bonchev–Trinajstić information content (AvgIpc) is 3.28. The molecule has 0 bridgehead atoms. The van der Waals surface area contributed by atoms with Gasteiger partial charge in [-0.25, -0.2) is 0 Å². The van der Waals surface area contributed by atoms with Gasteiger partial charge in [0.15, 0.2) is 0 Å². The van der Waals surface area contributed by atoms with E-state index in [1.807, 2.05) is 12.3 Å². The van der Waals surface area contributed by atoms with Crippen LogP contribution in [0.4, 0.5) is 0 Å². The van der Waals surface area contributed by atoms with Gasteiger partial charge in [-0.3, -0.25) is 9.69 Å². The minimum absolute atomic E-state index is 0.0634. The van der Waals surface area contributed by atoms with Crippen molar-refractivity contribution in [2.75, 3.05) is 32.7 Å². The quantitative estimate of drug-likeness (QED) is 0.391. The number of carbonyl (C=O) groups is 1. The molecule has 1 atom stereocenters. The van der Waals surface area contributed by atoms with Gasteiger partial charge in [0.25, 0.3) is 5.91 Å². The molecule has 192 valence electrons. The number of carbonyl (C=O) groups excluding carboxylic acids is 1. The van der Waals surface area contributed by atoms with Gasteiger partial charge in [-0.15, -0.1) is 0 Å². The van der Waals surface area contributed by atoms with Crippen LogP contribution in [-0.2, 0) is 19.5 Å². The SMILES string of the molecule is CCc1cccc2c(C(=O)NCc3ccc(Cl)c(Cl)c3)cn(CCCN3CCN4CCCCC4C3)c12. The molecule has 0 aliphatic carbocycles. The molecule has 1 N–H and O–H groups in total. The zero-order valence-corrected chi connectivity index (χ0v) is 22.6. The zero-order valence-electron chi connectivity index (χ0n) is 21.1. The lowest BCUT2D eigenvalue weighted by Crippen LogP contribution is -2.54. The molecule has 1 amide bonds. The molecule has 2 aliphatic rings. The predicted molar refractivity (Wildman–Crippen MR) is 149 cm³/mol. The zero-order chi connectivity index (χ0) is 25.1. The van der Waals surface area contributed by atoms with Gasteiger partial charge in [0.1, 0.15) is 0 Å². The number of nitrogens with zero attached hydrogens (tertiary/aromatic N) is 3. The van der Waals surface area contributed by atoms with Crippen LogP contribution in [-0.4, -0.2) is 59.0 Å². The number of fused-ring (bicyclic) bond motifs is 2. The van der Waals surface area contributed by atoms with Crippen LogP contribution in [0.3, 0.4) is 0 Å². The summed E-state index contributed by atoms with van der Waals surface area (Å²) in [6.45, 7) is 9.47. The number of hydrogen-bond acceptors (Lipinski definition) is 3. The van der Waals surface area contributed by atoms with E-state index in [0.717, 1.165) is 48.5 Å². The first-order valence-corrected chi connectivity index (χ1v) is 14.1. The van der Waals surface area contributed by atoms with Crippen molar-refractivity contribution in [2.45, 2.75) is 58.2 Å². The Hall–Kier alpha value is -2.05. The van der Waals surface area contributed by atoms with E-state index in [1.54, 1.807) is 12.1 Å². The molecule has 0 saturated carbocycles. The lowest BCUT2D eigenvalue weighted by atomic mass is 9.99. The highest BCUT2D eigenvalue weighted by molar-refractivity contribution is 6.42. The minimum Gasteiger partial charge on any atom is -0.348 e. The molecule has 3 heterocycles. The smallest absolute Gasteiger partial charge is 0.253 e. The molecule has 5 rings (SSSR count). The van der Waals surface area contributed by atoms with Crippen molar-refractivity contribution >= 4 is 40.0 Å². The van der Waals surface area contributed by atoms with E-state index in [0.29, 0.717) is 16.6 Å². The van der Waals surface area contributed by atoms with Crippen molar-refractivity contribution in [3.05, 3.63) is 69.3 Å². The third-order valence-electron chi connectivity index (χ3n) is 7.84. The molecular weight excluding hydrogens is 491 g/mol. The molecule has 7 heteroatoms. The van der Waals surface area contributed by atoms with E-state index in [-0.39, 0.29) is 5.91 Å². The molecule has 1 aromatic heterocycles. The Labute approximate surface area is 224 Å². The number of nitrogens with one attached hydrogen (secondary N) is 1. The maximum atomic E-state index is 13.3. The molecule has 2 aromatic carbocycles. The normalized spacial score (nSPS) is 18.9. The lowest BCUT2D eigenvalue weighted by Gasteiger charge is -2.44. The van der Waals surface area contributed by atoms with E-state index in [1.165, 1.54) is 56.5 Å². The third kappa shape index (κ3) is 5.60. The van der Waals surface area contributed by atoms with Crippen molar-refractivity contribution in [3.63, 3.8) is 0 Å². The Balaban J connectivity index is 1.27. The minimum atomic E-state index is -0.0634. The predicted octanol–water partition coefficient (Wildman–Crippen LogP) is 6.00. The fourth-order valence-corrected chi connectivity index (χ4v) is 6.22. The van der Waals surface area contributed by atoms with Gasteiger partial charge in [-0.05, 0) is 62.0 Å². The number of aromatic nitrogens is 1. The average molecular weight is 528 g/mol. The van der Waals surface area contributed by atoms with Crippen molar-refractivity contribution in [1.82, 2.24) is 19.7 Å². The van der Waals surface area contributed by atoms with Crippen LogP contribution in [0.25, 0.3) is 10.9 Å². The molecule has 5 nitrogen and oxygen atoms in total. The fourth-order valence-electron chi connectivity index (χ4n) is 5.90. The largest absolute Gasteiger partial charge is 0.348 e. The second-order valence-electron chi connectivity index (χ2n) is 10.2. The highest BCUT2D eigenvalue weighted by Crippen LogP contribution is 2.27. The molecular formula is C29H36Cl2N4O. The number of para-hydroxylation sites is 1. The van der Waals surface area contributed by atoms with Gasteiger partial charge in [0, 0.05) is 50.3 Å². The first-order chi connectivity index (χ1) is 17.5. The first-order valence-electron chi connectivity index (χ1n) is 13.3. The molecule has 36 heavy (non-hydrogen) atoms. The first kappa shape index (κ1) is 25.6. The Bertz CT molecular complexity index is 1220. The van der Waals surface area contributed by atoms with Gasteiger partial charge < -0.3 is 14.8 Å². The summed E-state index contributed by atoms with van der Waals surface area (Å²) in [6.07, 6.45) is 8.15.